The van der Waals surface area contributed by atoms with Crippen molar-refractivity contribution in [3.05, 3.63) is 70.5 Å². The van der Waals surface area contributed by atoms with Gasteiger partial charge in [0.2, 0.25) is 0 Å². The number of carbonyl (C=O) groups excluding carboxylic acids is 1. The van der Waals surface area contributed by atoms with Gasteiger partial charge in [0.05, 0.1) is 23.8 Å². The first-order valence-electron chi connectivity index (χ1n) is 8.13. The lowest BCUT2D eigenvalue weighted by Crippen LogP contribution is -2.31. The second-order valence-corrected chi connectivity index (χ2v) is 6.21. The van der Waals surface area contributed by atoms with Gasteiger partial charge < -0.3 is 9.47 Å². The predicted octanol–water partition coefficient (Wildman–Crippen LogP) is 4.14. The molecule has 1 heterocycles. The first kappa shape index (κ1) is 17.3. The number of benzene rings is 2. The van der Waals surface area contributed by atoms with Gasteiger partial charge in [-0.3, -0.25) is 4.79 Å². The van der Waals surface area contributed by atoms with Crippen molar-refractivity contribution in [2.75, 3.05) is 0 Å². The van der Waals surface area contributed by atoms with Crippen molar-refractivity contribution >= 4 is 5.78 Å². The quantitative estimate of drug-likeness (QED) is 0.789. The van der Waals surface area contributed by atoms with E-state index in [4.69, 9.17) is 9.47 Å². The van der Waals surface area contributed by atoms with Crippen molar-refractivity contribution in [3.63, 3.8) is 0 Å². The summed E-state index contributed by atoms with van der Waals surface area (Å²) in [4.78, 5) is 12.9. The summed E-state index contributed by atoms with van der Waals surface area (Å²) in [6, 6.07) is 12.2. The topological polar surface area (TPSA) is 59.3 Å². The predicted molar refractivity (Wildman–Crippen MR) is 89.4 cm³/mol. The van der Waals surface area contributed by atoms with Crippen LogP contribution in [-0.2, 0) is 9.47 Å². The van der Waals surface area contributed by atoms with Gasteiger partial charge in [-0.1, -0.05) is 0 Å². The Balaban J connectivity index is 2.03. The van der Waals surface area contributed by atoms with Crippen LogP contribution >= 0.6 is 0 Å². The van der Waals surface area contributed by atoms with Gasteiger partial charge in [-0.2, -0.15) is 5.26 Å². The first-order chi connectivity index (χ1) is 12.0. The zero-order valence-corrected chi connectivity index (χ0v) is 14.0. The van der Waals surface area contributed by atoms with E-state index in [1.165, 1.54) is 24.3 Å². The summed E-state index contributed by atoms with van der Waals surface area (Å²) in [7, 11) is 0. The van der Waals surface area contributed by atoms with Crippen molar-refractivity contribution in [2.24, 2.45) is 0 Å². The molecule has 128 valence electrons. The minimum absolute atomic E-state index is 0.0201. The molecule has 1 fully saturated rings. The molecule has 0 bridgehead atoms. The van der Waals surface area contributed by atoms with Crippen LogP contribution in [0.1, 0.15) is 53.6 Å². The summed E-state index contributed by atoms with van der Waals surface area (Å²) in [6.45, 7) is 3.89. The zero-order valence-electron chi connectivity index (χ0n) is 14.0. The molecule has 5 heteroatoms. The van der Waals surface area contributed by atoms with E-state index in [2.05, 4.69) is 6.07 Å². The second kappa shape index (κ2) is 7.14. The van der Waals surface area contributed by atoms with Gasteiger partial charge in [0.1, 0.15) is 5.82 Å². The fourth-order valence-corrected chi connectivity index (χ4v) is 2.97. The van der Waals surface area contributed by atoms with Crippen LogP contribution in [0.2, 0.25) is 0 Å². The Bertz CT molecular complexity index is 816. The third-order valence-corrected chi connectivity index (χ3v) is 4.16. The van der Waals surface area contributed by atoms with Crippen LogP contribution in [0.3, 0.4) is 0 Å². The lowest BCUT2D eigenvalue weighted by atomic mass is 9.95. The van der Waals surface area contributed by atoms with E-state index in [1.807, 2.05) is 13.8 Å². The number of ether oxygens (including phenoxy) is 2. The second-order valence-electron chi connectivity index (χ2n) is 6.21. The average Bonchev–Trinajstić information content (AvgIpc) is 2.60. The van der Waals surface area contributed by atoms with Crippen molar-refractivity contribution in [2.45, 2.75) is 38.8 Å². The molecule has 1 aliphatic rings. The van der Waals surface area contributed by atoms with Crippen LogP contribution in [0.15, 0.2) is 42.5 Å². The zero-order chi connectivity index (χ0) is 18.0. The SMILES string of the molecule is C[C@@H]1C[C@@H](C)OC(c2cc(C#N)ccc2C(=O)c2ccc(F)cc2)O1. The van der Waals surface area contributed by atoms with E-state index >= 15 is 0 Å². The van der Waals surface area contributed by atoms with Crippen LogP contribution in [-0.4, -0.2) is 18.0 Å². The van der Waals surface area contributed by atoms with E-state index in [9.17, 15) is 14.4 Å². The largest absolute Gasteiger partial charge is 0.345 e. The molecule has 0 aromatic heterocycles. The highest BCUT2D eigenvalue weighted by atomic mass is 19.1. The molecule has 4 nitrogen and oxygen atoms in total. The smallest absolute Gasteiger partial charge is 0.193 e. The average molecular weight is 339 g/mol. The molecule has 1 aliphatic heterocycles. The highest BCUT2D eigenvalue weighted by molar-refractivity contribution is 6.10. The molecule has 0 radical (unpaired) electrons. The molecule has 2 atom stereocenters. The van der Waals surface area contributed by atoms with E-state index in [1.54, 1.807) is 18.2 Å². The Morgan fingerprint density at radius 3 is 2.36 bits per heavy atom. The maximum absolute atomic E-state index is 13.1. The molecule has 2 aromatic carbocycles. The molecule has 25 heavy (non-hydrogen) atoms. The maximum atomic E-state index is 13.1. The summed E-state index contributed by atoms with van der Waals surface area (Å²) in [6.07, 6.45) is 0.00310. The number of halogens is 1. The van der Waals surface area contributed by atoms with Crippen LogP contribution in [0.4, 0.5) is 4.39 Å². The molecule has 0 aliphatic carbocycles. The highest BCUT2D eigenvalue weighted by Crippen LogP contribution is 2.33. The number of hydrogen-bond acceptors (Lipinski definition) is 4. The Hall–Kier alpha value is -2.55. The molecule has 0 saturated carbocycles. The summed E-state index contributed by atoms with van der Waals surface area (Å²) < 4.78 is 24.8. The van der Waals surface area contributed by atoms with Gasteiger partial charge in [-0.25, -0.2) is 4.39 Å². The number of nitrogens with zero attached hydrogens (tertiary/aromatic N) is 1. The van der Waals surface area contributed by atoms with E-state index in [0.717, 1.165) is 6.42 Å². The molecule has 0 spiro atoms. The number of carbonyl (C=O) groups is 1. The molecular weight excluding hydrogens is 321 g/mol. The standard InChI is InChI=1S/C20H18FNO3/c1-12-9-13(2)25-20(24-12)18-10-14(11-22)3-8-17(18)19(23)15-4-6-16(21)7-5-15/h3-8,10,12-13,20H,9H2,1-2H3/t12-,13-/m1/s1. The number of rotatable bonds is 3. The van der Waals surface area contributed by atoms with Gasteiger partial charge in [0.25, 0.3) is 0 Å². The summed E-state index contributed by atoms with van der Waals surface area (Å²) >= 11 is 0. The normalized spacial score (nSPS) is 23.0. The van der Waals surface area contributed by atoms with Crippen molar-refractivity contribution in [3.8, 4) is 6.07 Å². The lowest BCUT2D eigenvalue weighted by molar-refractivity contribution is -0.239. The third-order valence-electron chi connectivity index (χ3n) is 4.16. The lowest BCUT2D eigenvalue weighted by Gasteiger charge is -2.33. The molecule has 1 saturated heterocycles. The van der Waals surface area contributed by atoms with Gasteiger partial charge in [-0.05, 0) is 62.7 Å². The van der Waals surface area contributed by atoms with E-state index in [0.29, 0.717) is 22.3 Å². The van der Waals surface area contributed by atoms with Gasteiger partial charge >= 0.3 is 0 Å². The van der Waals surface area contributed by atoms with Crippen LogP contribution < -0.4 is 0 Å². The van der Waals surface area contributed by atoms with E-state index < -0.39 is 12.1 Å². The van der Waals surface area contributed by atoms with Gasteiger partial charge in [-0.15, -0.1) is 0 Å². The van der Waals surface area contributed by atoms with Crippen LogP contribution in [0.5, 0.6) is 0 Å². The van der Waals surface area contributed by atoms with Gasteiger partial charge in [0.15, 0.2) is 12.1 Å². The summed E-state index contributed by atoms with van der Waals surface area (Å²) in [5.41, 5.74) is 1.69. The molecular formula is C20H18FNO3. The number of nitriles is 1. The number of hydrogen-bond donors (Lipinski definition) is 0. The Labute approximate surface area is 145 Å². The molecule has 3 rings (SSSR count). The van der Waals surface area contributed by atoms with Crippen LogP contribution in [0, 0.1) is 17.1 Å². The fraction of sp³-hybridized carbons (Fsp3) is 0.300. The minimum atomic E-state index is -0.716. The van der Waals surface area contributed by atoms with Gasteiger partial charge in [0, 0.05) is 16.7 Å². The molecule has 2 aromatic rings. The maximum Gasteiger partial charge on any atom is 0.193 e. The molecule has 0 amide bonds. The number of ketones is 1. The summed E-state index contributed by atoms with van der Waals surface area (Å²) in [5, 5.41) is 9.18. The van der Waals surface area contributed by atoms with Crippen LogP contribution in [0.25, 0.3) is 0 Å². The first-order valence-corrected chi connectivity index (χ1v) is 8.13. The van der Waals surface area contributed by atoms with Crippen molar-refractivity contribution in [1.82, 2.24) is 0 Å². The monoisotopic (exact) mass is 339 g/mol. The molecule has 0 unspecified atom stereocenters. The fourth-order valence-electron chi connectivity index (χ4n) is 2.97. The Kier molecular flexibility index (Phi) is 4.93. The minimum Gasteiger partial charge on any atom is -0.345 e. The highest BCUT2D eigenvalue weighted by Gasteiger charge is 2.29. The third kappa shape index (κ3) is 3.76. The van der Waals surface area contributed by atoms with Crippen molar-refractivity contribution in [1.29, 1.82) is 5.26 Å². The molecule has 0 N–H and O–H groups in total. The van der Waals surface area contributed by atoms with E-state index in [-0.39, 0.29) is 18.0 Å². The van der Waals surface area contributed by atoms with Crippen molar-refractivity contribution < 1.29 is 18.7 Å². The Morgan fingerprint density at radius 1 is 1.12 bits per heavy atom. The summed E-state index contributed by atoms with van der Waals surface area (Å²) in [5.74, 6) is -0.671. The Morgan fingerprint density at radius 2 is 1.76 bits per heavy atom.